The van der Waals surface area contributed by atoms with Crippen molar-refractivity contribution >= 4 is 0 Å². The fourth-order valence-electron chi connectivity index (χ4n) is 14.5. The third-order valence-electron chi connectivity index (χ3n) is 20.5. The Morgan fingerprint density at radius 3 is 0.630 bits per heavy atom. The van der Waals surface area contributed by atoms with Crippen LogP contribution >= 0.6 is 0 Å². The van der Waals surface area contributed by atoms with Crippen molar-refractivity contribution in [2.24, 2.45) is 11.8 Å². The van der Waals surface area contributed by atoms with Gasteiger partial charge >= 0.3 is 0 Å². The van der Waals surface area contributed by atoms with Gasteiger partial charge in [-0.25, -0.2) is 0 Å². The summed E-state index contributed by atoms with van der Waals surface area (Å²) in [6.07, 6.45) is 11.3. The monoisotopic (exact) mass is 1450 g/mol. The summed E-state index contributed by atoms with van der Waals surface area (Å²) in [5, 5.41) is 159. The van der Waals surface area contributed by atoms with E-state index in [2.05, 4.69) is 109 Å². The molecule has 0 heterocycles. The largest absolute Gasteiger partial charge is 0.508 e. The maximum Gasteiger partial charge on any atom is 0.200 e. The molecule has 16 N–H and O–H groups in total. The van der Waals surface area contributed by atoms with Crippen LogP contribution in [0.1, 0.15) is 114 Å². The van der Waals surface area contributed by atoms with Crippen molar-refractivity contribution in [1.82, 2.24) is 0 Å². The molecule has 0 aliphatic carbocycles. The second-order valence-electron chi connectivity index (χ2n) is 28.4. The van der Waals surface area contributed by atoms with Crippen LogP contribution in [-0.2, 0) is 89.9 Å². The van der Waals surface area contributed by atoms with E-state index in [4.69, 9.17) is 0 Å². The standard InChI is InChI=1S/2C46H46O8/c2*47-38-5-1-3-31(22-38)19-20-37(21-32-13-7-29(8-14-32)11-17-34-24-41(49)45(53)42(50)25-34)40(36-4-2-6-39(48)28-36)23-33-15-9-30(10-16-33)12-18-35-26-43(51)46(54)44(52)27-35/h2*1-10,13-16,22,24-28,37,40,47-54H,11-12,17-21,23H2/t2*37-,40+/m10/s1. The van der Waals surface area contributed by atoms with Gasteiger partial charge in [0.2, 0.25) is 0 Å². The molecule has 0 fully saturated rings. The lowest BCUT2D eigenvalue weighted by molar-refractivity contribution is 0.367. The first-order chi connectivity index (χ1) is 52.0. The Balaban J connectivity index is 0.000000215. The highest BCUT2D eigenvalue weighted by atomic mass is 16.3. The van der Waals surface area contributed by atoms with E-state index >= 15 is 0 Å². The van der Waals surface area contributed by atoms with Crippen molar-refractivity contribution in [2.45, 2.75) is 115 Å². The molecule has 12 aromatic rings. The molecule has 16 nitrogen and oxygen atoms in total. The van der Waals surface area contributed by atoms with Crippen LogP contribution in [0.25, 0.3) is 0 Å². The highest BCUT2D eigenvalue weighted by Crippen LogP contribution is 2.42. The van der Waals surface area contributed by atoms with Gasteiger partial charge in [0.05, 0.1) is 0 Å². The second-order valence-corrected chi connectivity index (χ2v) is 28.4. The topological polar surface area (TPSA) is 324 Å². The molecule has 0 amide bonds. The fourth-order valence-corrected chi connectivity index (χ4v) is 14.5. The van der Waals surface area contributed by atoms with Crippen LogP contribution in [0, 0.1) is 11.8 Å². The summed E-state index contributed by atoms with van der Waals surface area (Å²) >= 11 is 0. The van der Waals surface area contributed by atoms with Crippen molar-refractivity contribution in [2.75, 3.05) is 0 Å². The molecule has 4 atom stereocenters. The predicted octanol–water partition coefficient (Wildman–Crippen LogP) is 17.4. The normalized spacial score (nSPS) is 12.4. The lowest BCUT2D eigenvalue weighted by atomic mass is 9.75. The molecule has 0 aromatic heterocycles. The SMILES string of the molecule is Oc1cccc(CC[C@@H](Cc2ccc(CCc3cc(O)c(O)c(O)c3)cc2)[C@H](Cc2ccc(CCc3cc(O)c(O)c(O)c3)cc2)c2cccc(O)c2)c1.Oc1cccc(CC[C@H](Cc2ccc(CCc3cc(O)c(O)c(O)c3)cc2)[C@@H](Cc2ccc(CCc3cc(O)c(O)c(O)c3)cc2)c2cccc(O)c2)c1. The lowest BCUT2D eigenvalue weighted by Crippen LogP contribution is -2.19. The van der Waals surface area contributed by atoms with Crippen LogP contribution in [0.15, 0.2) is 243 Å². The van der Waals surface area contributed by atoms with Crippen LogP contribution < -0.4 is 0 Å². The van der Waals surface area contributed by atoms with Gasteiger partial charge in [-0.3, -0.25) is 0 Å². The Morgan fingerprint density at radius 2 is 0.389 bits per heavy atom. The summed E-state index contributed by atoms with van der Waals surface area (Å²) in [6, 6.07) is 75.3. The first kappa shape index (κ1) is 76.6. The molecule has 12 aromatic carbocycles. The van der Waals surface area contributed by atoms with E-state index in [1.165, 1.54) is 59.7 Å². The Hall–Kier alpha value is -12.6. The van der Waals surface area contributed by atoms with Crippen molar-refractivity contribution in [3.05, 3.63) is 332 Å². The molecule has 0 bridgehead atoms. The highest BCUT2D eigenvalue weighted by molar-refractivity contribution is 5.54. The van der Waals surface area contributed by atoms with Gasteiger partial charge in [-0.2, -0.15) is 0 Å². The van der Waals surface area contributed by atoms with Crippen LogP contribution in [0.2, 0.25) is 0 Å². The maximum atomic E-state index is 10.6. The zero-order chi connectivity index (χ0) is 76.4. The summed E-state index contributed by atoms with van der Waals surface area (Å²) in [5.41, 5.74) is 16.1. The number of benzene rings is 12. The third-order valence-corrected chi connectivity index (χ3v) is 20.5. The molecule has 0 aliphatic rings. The molecule has 556 valence electrons. The summed E-state index contributed by atoms with van der Waals surface area (Å²) in [4.78, 5) is 0. The number of hydrogen-bond acceptors (Lipinski definition) is 16. The molecule has 0 aliphatic heterocycles. The number of phenols is 16. The number of hydrogen-bond donors (Lipinski definition) is 16. The Labute approximate surface area is 628 Å². The minimum absolute atomic E-state index is 0.0535. The molecular weight excluding hydrogens is 1360 g/mol. The molecule has 108 heavy (non-hydrogen) atoms. The van der Waals surface area contributed by atoms with Crippen LogP contribution in [0.5, 0.6) is 92.0 Å². The van der Waals surface area contributed by atoms with Gasteiger partial charge in [-0.05, 0) is 312 Å². The Morgan fingerprint density at radius 1 is 0.176 bits per heavy atom. The van der Waals surface area contributed by atoms with Crippen molar-refractivity contribution < 1.29 is 81.7 Å². The molecule has 0 saturated carbocycles. The number of aryl methyl sites for hydroxylation is 10. The molecule has 12 rings (SSSR count). The summed E-state index contributed by atoms with van der Waals surface area (Å²) in [6.45, 7) is 0. The van der Waals surface area contributed by atoms with Crippen molar-refractivity contribution in [3.63, 3.8) is 0 Å². The van der Waals surface area contributed by atoms with E-state index in [9.17, 15) is 81.7 Å². The highest BCUT2D eigenvalue weighted by Gasteiger charge is 2.28. The number of rotatable bonds is 30. The lowest BCUT2D eigenvalue weighted by Gasteiger charge is -2.29. The fraction of sp³-hybridized carbons (Fsp3) is 0.217. The zero-order valence-corrected chi connectivity index (χ0v) is 59.9. The van der Waals surface area contributed by atoms with E-state index in [1.54, 1.807) is 24.3 Å². The van der Waals surface area contributed by atoms with E-state index in [0.717, 1.165) is 129 Å². The summed E-state index contributed by atoms with van der Waals surface area (Å²) in [7, 11) is 0. The quantitative estimate of drug-likeness (QED) is 0.0186. The molecule has 16 heteroatoms. The first-order valence-corrected chi connectivity index (χ1v) is 36.4. The van der Waals surface area contributed by atoms with Gasteiger partial charge in [0.1, 0.15) is 23.0 Å². The van der Waals surface area contributed by atoms with E-state index in [0.29, 0.717) is 51.4 Å². The van der Waals surface area contributed by atoms with E-state index in [-0.39, 0.29) is 92.7 Å². The minimum Gasteiger partial charge on any atom is -0.508 e. The summed E-state index contributed by atoms with van der Waals surface area (Å²) in [5.74, 6) is -3.50. The molecular formula is C92H92O16. The zero-order valence-electron chi connectivity index (χ0n) is 59.9. The van der Waals surface area contributed by atoms with Gasteiger partial charge in [0.25, 0.3) is 0 Å². The van der Waals surface area contributed by atoms with Crippen LogP contribution in [0.3, 0.4) is 0 Å². The molecule has 0 radical (unpaired) electrons. The Kier molecular flexibility index (Phi) is 25.5. The first-order valence-electron chi connectivity index (χ1n) is 36.4. The van der Waals surface area contributed by atoms with Crippen LogP contribution in [-0.4, -0.2) is 81.7 Å². The van der Waals surface area contributed by atoms with Gasteiger partial charge in [-0.15, -0.1) is 0 Å². The van der Waals surface area contributed by atoms with Crippen LogP contribution in [0.4, 0.5) is 0 Å². The minimum atomic E-state index is -0.520. The average molecular weight is 1450 g/mol. The average Bonchev–Trinajstić information content (AvgIpc) is 0.813. The molecule has 0 spiro atoms. The number of aromatic hydroxyl groups is 16. The van der Waals surface area contributed by atoms with Gasteiger partial charge in [0, 0.05) is 0 Å². The smallest absolute Gasteiger partial charge is 0.200 e. The van der Waals surface area contributed by atoms with Crippen molar-refractivity contribution in [1.29, 1.82) is 0 Å². The van der Waals surface area contributed by atoms with Crippen molar-refractivity contribution in [3.8, 4) is 92.0 Å². The third kappa shape index (κ3) is 21.3. The molecule has 0 unspecified atom stereocenters. The Bertz CT molecular complexity index is 4570. The van der Waals surface area contributed by atoms with E-state index < -0.39 is 23.0 Å². The van der Waals surface area contributed by atoms with Gasteiger partial charge in [-0.1, -0.05) is 146 Å². The van der Waals surface area contributed by atoms with Gasteiger partial charge in [0.15, 0.2) is 69.0 Å². The van der Waals surface area contributed by atoms with Gasteiger partial charge < -0.3 is 81.7 Å². The maximum absolute atomic E-state index is 10.6. The molecule has 0 saturated heterocycles. The predicted molar refractivity (Wildman–Crippen MR) is 417 cm³/mol. The second kappa shape index (κ2) is 36.0. The summed E-state index contributed by atoms with van der Waals surface area (Å²) < 4.78 is 0. The van der Waals surface area contributed by atoms with E-state index in [1.807, 2.05) is 60.7 Å². The number of phenolic OH excluding ortho intramolecular Hbond substituents is 16.